The third-order valence-electron chi connectivity index (χ3n) is 3.40. The third-order valence-corrected chi connectivity index (χ3v) is 3.40. The fraction of sp³-hybridized carbons (Fsp3) is 0.222. The highest BCUT2D eigenvalue weighted by Crippen LogP contribution is 2.23. The van der Waals surface area contributed by atoms with Crippen LogP contribution in [0.15, 0.2) is 42.5 Å². The van der Waals surface area contributed by atoms with Gasteiger partial charge < -0.3 is 9.64 Å². The van der Waals surface area contributed by atoms with Crippen molar-refractivity contribution in [2.24, 2.45) is 0 Å². The zero-order valence-electron chi connectivity index (χ0n) is 13.0. The van der Waals surface area contributed by atoms with Gasteiger partial charge in [-0.1, -0.05) is 19.1 Å². The van der Waals surface area contributed by atoms with Crippen molar-refractivity contribution in [3.05, 3.63) is 59.4 Å². The Bertz CT molecular complexity index is 753. The predicted molar refractivity (Wildman–Crippen MR) is 85.6 cm³/mol. The van der Waals surface area contributed by atoms with E-state index in [2.05, 4.69) is 0 Å². The van der Waals surface area contributed by atoms with Crippen molar-refractivity contribution >= 4 is 11.6 Å². The molecule has 0 unspecified atom stereocenters. The van der Waals surface area contributed by atoms with E-state index in [4.69, 9.17) is 10.00 Å². The van der Waals surface area contributed by atoms with Gasteiger partial charge in [0.1, 0.15) is 11.6 Å². The van der Waals surface area contributed by atoms with Gasteiger partial charge in [0.25, 0.3) is 0 Å². The minimum absolute atomic E-state index is 0.151. The van der Waals surface area contributed by atoms with Crippen LogP contribution >= 0.6 is 0 Å². The summed E-state index contributed by atoms with van der Waals surface area (Å²) < 4.78 is 18.9. The Morgan fingerprint density at radius 1 is 1.30 bits per heavy atom. The number of ether oxygens (including phenoxy) is 1. The van der Waals surface area contributed by atoms with Crippen LogP contribution in [0.4, 0.5) is 10.1 Å². The summed E-state index contributed by atoms with van der Waals surface area (Å²) in [5.74, 6) is -0.00995. The number of methoxy groups -OCH3 is 1. The van der Waals surface area contributed by atoms with E-state index in [1.165, 1.54) is 17.0 Å². The molecule has 2 rings (SSSR count). The van der Waals surface area contributed by atoms with E-state index in [0.717, 1.165) is 11.6 Å². The van der Waals surface area contributed by atoms with Crippen molar-refractivity contribution in [1.29, 1.82) is 5.26 Å². The highest BCUT2D eigenvalue weighted by Gasteiger charge is 2.16. The molecule has 118 valence electrons. The number of hydrogen-bond acceptors (Lipinski definition) is 3. The summed E-state index contributed by atoms with van der Waals surface area (Å²) in [7, 11) is 1.57. The van der Waals surface area contributed by atoms with Gasteiger partial charge in [0.2, 0.25) is 5.91 Å². The Hall–Kier alpha value is -2.87. The molecule has 0 N–H and O–H groups in total. The van der Waals surface area contributed by atoms with E-state index >= 15 is 0 Å². The number of amides is 1. The monoisotopic (exact) mass is 312 g/mol. The Morgan fingerprint density at radius 2 is 2.09 bits per heavy atom. The van der Waals surface area contributed by atoms with Gasteiger partial charge in [-0.25, -0.2) is 4.39 Å². The van der Waals surface area contributed by atoms with Crippen LogP contribution in [-0.2, 0) is 11.3 Å². The van der Waals surface area contributed by atoms with Gasteiger partial charge in [-0.15, -0.1) is 0 Å². The van der Waals surface area contributed by atoms with Crippen molar-refractivity contribution in [3.8, 4) is 11.8 Å². The number of benzene rings is 2. The van der Waals surface area contributed by atoms with E-state index in [1.807, 2.05) is 30.3 Å². The molecule has 2 aromatic carbocycles. The molecule has 2 aromatic rings. The zero-order valence-corrected chi connectivity index (χ0v) is 13.0. The number of carbonyl (C=O) groups excluding carboxylic acids is 1. The van der Waals surface area contributed by atoms with Crippen LogP contribution in [-0.4, -0.2) is 13.0 Å². The lowest BCUT2D eigenvalue weighted by molar-refractivity contribution is -0.118. The van der Waals surface area contributed by atoms with Crippen molar-refractivity contribution in [2.45, 2.75) is 19.9 Å². The van der Waals surface area contributed by atoms with E-state index in [1.54, 1.807) is 14.0 Å². The first kappa shape index (κ1) is 16.5. The molecule has 0 aliphatic heterocycles. The van der Waals surface area contributed by atoms with E-state index in [-0.39, 0.29) is 24.4 Å². The summed E-state index contributed by atoms with van der Waals surface area (Å²) >= 11 is 0. The molecular weight excluding hydrogens is 295 g/mol. The lowest BCUT2D eigenvalue weighted by Gasteiger charge is -2.23. The molecule has 1 amide bonds. The molecule has 0 spiro atoms. The fourth-order valence-electron chi connectivity index (χ4n) is 2.26. The Balaban J connectivity index is 2.39. The standard InChI is InChI=1S/C18H17FN2O2/c1-3-18(22)21(12-13-5-4-6-17(9-13)23-2)16-8-14(11-20)7-15(19)10-16/h4-10H,3,12H2,1-2H3. The van der Waals surface area contributed by atoms with Crippen LogP contribution in [0, 0.1) is 17.1 Å². The summed E-state index contributed by atoms with van der Waals surface area (Å²) in [5, 5.41) is 8.99. The quantitative estimate of drug-likeness (QED) is 0.847. The molecule has 0 atom stereocenters. The van der Waals surface area contributed by atoms with Crippen molar-refractivity contribution < 1.29 is 13.9 Å². The maximum absolute atomic E-state index is 13.7. The second kappa shape index (κ2) is 7.41. The van der Waals surface area contributed by atoms with Crippen LogP contribution < -0.4 is 9.64 Å². The van der Waals surface area contributed by atoms with Gasteiger partial charge in [0.15, 0.2) is 0 Å². The first-order valence-corrected chi connectivity index (χ1v) is 7.21. The normalized spacial score (nSPS) is 10.0. The molecule has 0 heterocycles. The van der Waals surface area contributed by atoms with Crippen molar-refractivity contribution in [1.82, 2.24) is 0 Å². The fourth-order valence-corrected chi connectivity index (χ4v) is 2.26. The smallest absolute Gasteiger partial charge is 0.227 e. The van der Waals surface area contributed by atoms with Crippen molar-refractivity contribution in [2.75, 3.05) is 12.0 Å². The van der Waals surface area contributed by atoms with Crippen LogP contribution in [0.2, 0.25) is 0 Å². The second-order valence-corrected chi connectivity index (χ2v) is 4.99. The van der Waals surface area contributed by atoms with Gasteiger partial charge in [-0.3, -0.25) is 4.79 Å². The summed E-state index contributed by atoms with van der Waals surface area (Å²) in [6.07, 6.45) is 0.280. The number of carbonyl (C=O) groups is 1. The van der Waals surface area contributed by atoms with Gasteiger partial charge in [0, 0.05) is 12.1 Å². The number of nitriles is 1. The molecule has 0 fully saturated rings. The molecular formula is C18H17FN2O2. The zero-order chi connectivity index (χ0) is 16.8. The molecule has 23 heavy (non-hydrogen) atoms. The van der Waals surface area contributed by atoms with Crippen LogP contribution in [0.3, 0.4) is 0 Å². The van der Waals surface area contributed by atoms with Crippen molar-refractivity contribution in [3.63, 3.8) is 0 Å². The number of anilines is 1. The summed E-state index contributed by atoms with van der Waals surface area (Å²) in [4.78, 5) is 13.7. The summed E-state index contributed by atoms with van der Waals surface area (Å²) in [6.45, 7) is 2.02. The van der Waals surface area contributed by atoms with Crippen LogP contribution in [0.25, 0.3) is 0 Å². The average Bonchev–Trinajstić information content (AvgIpc) is 2.58. The number of halogens is 1. The third kappa shape index (κ3) is 4.07. The molecule has 0 aliphatic rings. The molecule has 4 nitrogen and oxygen atoms in total. The van der Waals surface area contributed by atoms with Gasteiger partial charge in [-0.2, -0.15) is 5.26 Å². The lowest BCUT2D eigenvalue weighted by atomic mass is 10.1. The lowest BCUT2D eigenvalue weighted by Crippen LogP contribution is -2.29. The molecule has 0 aromatic heterocycles. The SMILES string of the molecule is CCC(=O)N(Cc1cccc(OC)c1)c1cc(F)cc(C#N)c1. The molecule has 0 saturated heterocycles. The van der Waals surface area contributed by atoms with E-state index in [9.17, 15) is 9.18 Å². The topological polar surface area (TPSA) is 53.3 Å². The highest BCUT2D eigenvalue weighted by molar-refractivity contribution is 5.93. The van der Waals surface area contributed by atoms with Gasteiger partial charge >= 0.3 is 0 Å². The summed E-state index contributed by atoms with van der Waals surface area (Å²) in [5.41, 5.74) is 1.41. The first-order valence-electron chi connectivity index (χ1n) is 7.21. The minimum atomic E-state index is -0.543. The van der Waals surface area contributed by atoms with Gasteiger partial charge in [0.05, 0.1) is 25.3 Å². The van der Waals surface area contributed by atoms with Crippen LogP contribution in [0.1, 0.15) is 24.5 Å². The van der Waals surface area contributed by atoms with Gasteiger partial charge in [-0.05, 0) is 35.9 Å². The average molecular weight is 312 g/mol. The number of rotatable bonds is 5. The predicted octanol–water partition coefficient (Wildman–Crippen LogP) is 3.65. The maximum atomic E-state index is 13.7. The first-order chi connectivity index (χ1) is 11.1. The molecule has 0 bridgehead atoms. The Labute approximate surface area is 134 Å². The Morgan fingerprint density at radius 3 is 2.74 bits per heavy atom. The van der Waals surface area contributed by atoms with E-state index in [0.29, 0.717) is 11.4 Å². The second-order valence-electron chi connectivity index (χ2n) is 4.99. The van der Waals surface area contributed by atoms with E-state index < -0.39 is 5.82 Å². The largest absolute Gasteiger partial charge is 0.497 e. The Kier molecular flexibility index (Phi) is 5.32. The molecule has 0 radical (unpaired) electrons. The minimum Gasteiger partial charge on any atom is -0.497 e. The van der Waals surface area contributed by atoms with Crippen LogP contribution in [0.5, 0.6) is 5.75 Å². The molecule has 0 saturated carbocycles. The molecule has 0 aliphatic carbocycles. The maximum Gasteiger partial charge on any atom is 0.227 e. The molecule has 5 heteroatoms. The highest BCUT2D eigenvalue weighted by atomic mass is 19.1. The number of nitrogens with zero attached hydrogens (tertiary/aromatic N) is 2. The summed E-state index contributed by atoms with van der Waals surface area (Å²) in [6, 6.07) is 13.1. The number of hydrogen-bond donors (Lipinski definition) is 0.